The molecule has 0 unspecified atom stereocenters. The van der Waals surface area contributed by atoms with Gasteiger partial charge in [0.1, 0.15) is 0 Å². The highest BCUT2D eigenvalue weighted by Gasteiger charge is 2.22. The quantitative estimate of drug-likeness (QED) is 0.921. The normalized spacial score (nSPS) is 15.9. The predicted molar refractivity (Wildman–Crippen MR) is 80.9 cm³/mol. The lowest BCUT2D eigenvalue weighted by Crippen LogP contribution is -2.38. The van der Waals surface area contributed by atoms with E-state index < -0.39 is 0 Å². The third-order valence-corrected chi connectivity index (χ3v) is 3.73. The molecule has 1 saturated heterocycles. The van der Waals surface area contributed by atoms with E-state index in [1.165, 1.54) is 6.42 Å². The summed E-state index contributed by atoms with van der Waals surface area (Å²) in [6.07, 6.45) is 3.50. The fourth-order valence-corrected chi connectivity index (χ4v) is 2.54. The minimum Gasteiger partial charge on any atom is -0.339 e. The minimum atomic E-state index is 0. The average molecular weight is 283 g/mol. The Balaban J connectivity index is 0.00000180. The number of rotatable bonds is 4. The van der Waals surface area contributed by atoms with Crippen LogP contribution in [0.1, 0.15) is 29.6 Å². The van der Waals surface area contributed by atoms with Crippen LogP contribution in [-0.4, -0.2) is 37.5 Å². The van der Waals surface area contributed by atoms with Gasteiger partial charge in [0.05, 0.1) is 0 Å². The first-order chi connectivity index (χ1) is 8.81. The summed E-state index contributed by atoms with van der Waals surface area (Å²) in [5, 5.41) is 3.19. The average Bonchev–Trinajstić information content (AvgIpc) is 2.46. The maximum atomic E-state index is 12.2. The number of nitrogens with zero attached hydrogens (tertiary/aromatic N) is 1. The van der Waals surface area contributed by atoms with Crippen LogP contribution in [0.4, 0.5) is 0 Å². The fraction of sp³-hybridized carbons (Fsp3) is 0.533. The highest BCUT2D eigenvalue weighted by Crippen LogP contribution is 2.21. The maximum absolute atomic E-state index is 12.2. The van der Waals surface area contributed by atoms with Crippen LogP contribution >= 0.6 is 12.4 Å². The molecule has 106 valence electrons. The van der Waals surface area contributed by atoms with Crippen molar-refractivity contribution in [2.45, 2.75) is 19.3 Å². The Morgan fingerprint density at radius 3 is 2.47 bits per heavy atom. The van der Waals surface area contributed by atoms with Gasteiger partial charge in [-0.25, -0.2) is 0 Å². The van der Waals surface area contributed by atoms with Crippen molar-refractivity contribution in [1.82, 2.24) is 10.2 Å². The van der Waals surface area contributed by atoms with E-state index in [-0.39, 0.29) is 18.3 Å². The van der Waals surface area contributed by atoms with Crippen molar-refractivity contribution in [3.63, 3.8) is 0 Å². The van der Waals surface area contributed by atoms with Crippen LogP contribution in [0.3, 0.4) is 0 Å². The molecule has 1 aliphatic heterocycles. The molecule has 1 N–H and O–H groups in total. The Morgan fingerprint density at radius 1 is 1.26 bits per heavy atom. The monoisotopic (exact) mass is 282 g/mol. The Bertz CT molecular complexity index is 375. The van der Waals surface area contributed by atoms with Gasteiger partial charge in [-0.3, -0.25) is 4.79 Å². The Labute approximate surface area is 121 Å². The molecule has 1 heterocycles. The molecule has 3 nitrogen and oxygen atoms in total. The van der Waals surface area contributed by atoms with Crippen molar-refractivity contribution in [2.24, 2.45) is 5.92 Å². The van der Waals surface area contributed by atoms with Gasteiger partial charge in [0.15, 0.2) is 0 Å². The second-order valence-corrected chi connectivity index (χ2v) is 4.99. The number of likely N-dealkylation sites (tertiary alicyclic amines) is 1. The molecule has 19 heavy (non-hydrogen) atoms. The van der Waals surface area contributed by atoms with Gasteiger partial charge in [0.2, 0.25) is 0 Å². The fourth-order valence-electron chi connectivity index (χ4n) is 2.54. The molecule has 0 spiro atoms. The first-order valence-corrected chi connectivity index (χ1v) is 6.80. The lowest BCUT2D eigenvalue weighted by molar-refractivity contribution is 0.0687. The second-order valence-electron chi connectivity index (χ2n) is 4.99. The van der Waals surface area contributed by atoms with Gasteiger partial charge in [-0.05, 0) is 50.9 Å². The third kappa shape index (κ3) is 4.51. The van der Waals surface area contributed by atoms with E-state index in [1.54, 1.807) is 0 Å². The Hall–Kier alpha value is -1.06. The minimum absolute atomic E-state index is 0. The van der Waals surface area contributed by atoms with Crippen molar-refractivity contribution in [2.75, 3.05) is 26.7 Å². The van der Waals surface area contributed by atoms with Crippen molar-refractivity contribution in [3.05, 3.63) is 35.9 Å². The van der Waals surface area contributed by atoms with E-state index in [2.05, 4.69) is 5.32 Å². The molecule has 0 bridgehead atoms. The number of halogens is 1. The zero-order chi connectivity index (χ0) is 12.8. The van der Waals surface area contributed by atoms with Crippen LogP contribution in [0.25, 0.3) is 0 Å². The summed E-state index contributed by atoms with van der Waals surface area (Å²) in [6, 6.07) is 9.59. The number of nitrogens with one attached hydrogen (secondary N) is 1. The van der Waals surface area contributed by atoms with Crippen LogP contribution in [0.15, 0.2) is 30.3 Å². The molecule has 1 amide bonds. The largest absolute Gasteiger partial charge is 0.339 e. The molecule has 1 aliphatic rings. The van der Waals surface area contributed by atoms with E-state index >= 15 is 0 Å². The predicted octanol–water partition coefficient (Wildman–Crippen LogP) is 2.57. The van der Waals surface area contributed by atoms with Crippen LogP contribution in [0.5, 0.6) is 0 Å². The van der Waals surface area contributed by atoms with Crippen LogP contribution in [0.2, 0.25) is 0 Å². The lowest BCUT2D eigenvalue weighted by atomic mass is 9.93. The van der Waals surface area contributed by atoms with Crippen molar-refractivity contribution < 1.29 is 4.79 Å². The topological polar surface area (TPSA) is 32.3 Å². The molecule has 1 aromatic rings. The van der Waals surface area contributed by atoms with E-state index in [9.17, 15) is 4.79 Å². The van der Waals surface area contributed by atoms with Crippen molar-refractivity contribution in [1.29, 1.82) is 0 Å². The van der Waals surface area contributed by atoms with E-state index in [1.807, 2.05) is 42.3 Å². The highest BCUT2D eigenvalue weighted by molar-refractivity contribution is 5.94. The first-order valence-electron chi connectivity index (χ1n) is 6.80. The Morgan fingerprint density at radius 2 is 1.89 bits per heavy atom. The van der Waals surface area contributed by atoms with Gasteiger partial charge >= 0.3 is 0 Å². The summed E-state index contributed by atoms with van der Waals surface area (Å²) in [5.74, 6) is 0.958. The molecular weight excluding hydrogens is 260 g/mol. The third-order valence-electron chi connectivity index (χ3n) is 3.73. The van der Waals surface area contributed by atoms with Gasteiger partial charge in [-0.1, -0.05) is 18.2 Å². The molecule has 0 saturated carbocycles. The number of carbonyl (C=O) groups excluding carboxylic acids is 1. The molecule has 0 atom stereocenters. The molecule has 4 heteroatoms. The zero-order valence-electron chi connectivity index (χ0n) is 11.5. The summed E-state index contributed by atoms with van der Waals surface area (Å²) in [6.45, 7) is 2.89. The lowest BCUT2D eigenvalue weighted by Gasteiger charge is -2.32. The van der Waals surface area contributed by atoms with Gasteiger partial charge in [0, 0.05) is 18.7 Å². The van der Waals surface area contributed by atoms with Gasteiger partial charge in [-0.2, -0.15) is 0 Å². The summed E-state index contributed by atoms with van der Waals surface area (Å²) >= 11 is 0. The summed E-state index contributed by atoms with van der Waals surface area (Å²) in [7, 11) is 1.99. The van der Waals surface area contributed by atoms with E-state index in [0.717, 1.165) is 44.0 Å². The summed E-state index contributed by atoms with van der Waals surface area (Å²) < 4.78 is 0. The number of amides is 1. The molecule has 0 radical (unpaired) electrons. The van der Waals surface area contributed by atoms with Gasteiger partial charge < -0.3 is 10.2 Å². The maximum Gasteiger partial charge on any atom is 0.253 e. The first kappa shape index (κ1) is 16.0. The zero-order valence-corrected chi connectivity index (χ0v) is 12.3. The number of piperidine rings is 1. The van der Waals surface area contributed by atoms with E-state index in [4.69, 9.17) is 0 Å². The SMILES string of the molecule is CNCCC1CCN(C(=O)c2ccccc2)CC1.Cl. The van der Waals surface area contributed by atoms with Crippen LogP contribution in [0, 0.1) is 5.92 Å². The number of benzene rings is 1. The van der Waals surface area contributed by atoms with Crippen molar-refractivity contribution >= 4 is 18.3 Å². The van der Waals surface area contributed by atoms with Gasteiger partial charge in [-0.15, -0.1) is 12.4 Å². The number of hydrogen-bond acceptors (Lipinski definition) is 2. The molecule has 0 aliphatic carbocycles. The number of carbonyl (C=O) groups is 1. The molecule has 0 aromatic heterocycles. The second kappa shape index (κ2) is 8.18. The molecule has 2 rings (SSSR count). The summed E-state index contributed by atoms with van der Waals surface area (Å²) in [4.78, 5) is 14.2. The smallest absolute Gasteiger partial charge is 0.253 e. The van der Waals surface area contributed by atoms with Gasteiger partial charge in [0.25, 0.3) is 5.91 Å². The summed E-state index contributed by atoms with van der Waals surface area (Å²) in [5.41, 5.74) is 0.811. The highest BCUT2D eigenvalue weighted by atomic mass is 35.5. The standard InChI is InChI=1S/C15H22N2O.ClH/c1-16-10-7-13-8-11-17(12-9-13)15(18)14-5-3-2-4-6-14;/h2-6,13,16H,7-12H2,1H3;1H. The molecule has 1 aromatic carbocycles. The Kier molecular flexibility index (Phi) is 6.89. The van der Waals surface area contributed by atoms with Crippen molar-refractivity contribution in [3.8, 4) is 0 Å². The molecule has 1 fully saturated rings. The van der Waals surface area contributed by atoms with Crippen LogP contribution < -0.4 is 5.32 Å². The number of hydrogen-bond donors (Lipinski definition) is 1. The van der Waals surface area contributed by atoms with Crippen LogP contribution in [-0.2, 0) is 0 Å². The molecular formula is C15H23ClN2O. The van der Waals surface area contributed by atoms with E-state index in [0.29, 0.717) is 0 Å².